The van der Waals surface area contributed by atoms with Crippen molar-refractivity contribution in [3.63, 3.8) is 0 Å². The second kappa shape index (κ2) is 5.97. The molecule has 0 amide bonds. The van der Waals surface area contributed by atoms with E-state index >= 15 is 0 Å². The van der Waals surface area contributed by atoms with E-state index in [-0.39, 0.29) is 5.54 Å². The van der Waals surface area contributed by atoms with E-state index in [1.54, 1.807) is 0 Å². The molecule has 0 bridgehead atoms. The molecule has 1 unspecified atom stereocenters. The van der Waals surface area contributed by atoms with Crippen molar-refractivity contribution < 1.29 is 0 Å². The van der Waals surface area contributed by atoms with Gasteiger partial charge in [-0.1, -0.05) is 0 Å². The first-order chi connectivity index (χ1) is 8.94. The van der Waals surface area contributed by atoms with Gasteiger partial charge in [0.1, 0.15) is 5.82 Å². The highest BCUT2D eigenvalue weighted by molar-refractivity contribution is 5.10. The SMILES string of the molecule is CN1CCCC(c2ccnc(CCC(C)(C)N)n2)C1. The molecule has 1 fully saturated rings. The summed E-state index contributed by atoms with van der Waals surface area (Å²) < 4.78 is 0. The summed E-state index contributed by atoms with van der Waals surface area (Å²) in [7, 11) is 2.19. The van der Waals surface area contributed by atoms with E-state index in [0.717, 1.165) is 25.2 Å². The predicted octanol–water partition coefficient (Wildman–Crippen LogP) is 1.96. The molecule has 0 aromatic carbocycles. The van der Waals surface area contributed by atoms with Crippen LogP contribution in [0, 0.1) is 0 Å². The summed E-state index contributed by atoms with van der Waals surface area (Å²) in [5, 5.41) is 0. The summed E-state index contributed by atoms with van der Waals surface area (Å²) in [6.07, 6.45) is 6.18. The summed E-state index contributed by atoms with van der Waals surface area (Å²) in [6.45, 7) is 6.41. The Morgan fingerprint density at radius 2 is 2.26 bits per heavy atom. The second-order valence-corrected chi connectivity index (χ2v) is 6.49. The van der Waals surface area contributed by atoms with Crippen molar-refractivity contribution in [3.05, 3.63) is 23.8 Å². The standard InChI is InChI=1S/C15H26N4/c1-15(2,16)8-6-14-17-9-7-13(18-14)12-5-4-10-19(3)11-12/h7,9,12H,4-6,8,10-11,16H2,1-3H3. The average molecular weight is 262 g/mol. The van der Waals surface area contributed by atoms with Crippen LogP contribution in [0.4, 0.5) is 0 Å². The zero-order valence-corrected chi connectivity index (χ0v) is 12.4. The summed E-state index contributed by atoms with van der Waals surface area (Å²) >= 11 is 0. The number of hydrogen-bond donors (Lipinski definition) is 1. The Bertz CT molecular complexity index is 411. The van der Waals surface area contributed by atoms with Crippen LogP contribution in [0.25, 0.3) is 0 Å². The topological polar surface area (TPSA) is 55.0 Å². The van der Waals surface area contributed by atoms with Crippen LogP contribution in [-0.4, -0.2) is 40.5 Å². The molecule has 1 saturated heterocycles. The highest BCUT2D eigenvalue weighted by atomic mass is 15.1. The predicted molar refractivity (Wildman–Crippen MR) is 78.1 cm³/mol. The molecule has 0 spiro atoms. The van der Waals surface area contributed by atoms with Crippen molar-refractivity contribution >= 4 is 0 Å². The Labute approximate surface area is 116 Å². The van der Waals surface area contributed by atoms with Gasteiger partial charge in [-0.2, -0.15) is 0 Å². The first-order valence-corrected chi connectivity index (χ1v) is 7.23. The molecule has 1 aromatic rings. The molecule has 4 nitrogen and oxygen atoms in total. The molecule has 2 heterocycles. The van der Waals surface area contributed by atoms with Crippen LogP contribution in [0.1, 0.15) is 50.5 Å². The first-order valence-electron chi connectivity index (χ1n) is 7.23. The summed E-state index contributed by atoms with van der Waals surface area (Å²) in [6, 6.07) is 2.07. The van der Waals surface area contributed by atoms with Gasteiger partial charge in [0, 0.05) is 36.3 Å². The monoisotopic (exact) mass is 262 g/mol. The lowest BCUT2D eigenvalue weighted by Crippen LogP contribution is -2.33. The molecule has 1 aromatic heterocycles. The Morgan fingerprint density at radius 1 is 1.47 bits per heavy atom. The number of aryl methyl sites for hydroxylation is 1. The van der Waals surface area contributed by atoms with Gasteiger partial charge in [0.2, 0.25) is 0 Å². The van der Waals surface area contributed by atoms with Crippen molar-refractivity contribution in [2.45, 2.75) is 51.0 Å². The van der Waals surface area contributed by atoms with Gasteiger partial charge >= 0.3 is 0 Å². The van der Waals surface area contributed by atoms with Gasteiger partial charge in [-0.15, -0.1) is 0 Å². The molecule has 1 aliphatic heterocycles. The van der Waals surface area contributed by atoms with Crippen LogP contribution in [-0.2, 0) is 6.42 Å². The van der Waals surface area contributed by atoms with Gasteiger partial charge in [0.25, 0.3) is 0 Å². The van der Waals surface area contributed by atoms with E-state index in [4.69, 9.17) is 10.7 Å². The number of nitrogens with two attached hydrogens (primary N) is 1. The molecule has 2 rings (SSSR count). The van der Waals surface area contributed by atoms with Gasteiger partial charge in [-0.05, 0) is 52.8 Å². The Morgan fingerprint density at radius 3 is 2.95 bits per heavy atom. The fraction of sp³-hybridized carbons (Fsp3) is 0.733. The van der Waals surface area contributed by atoms with Crippen LogP contribution in [0.3, 0.4) is 0 Å². The summed E-state index contributed by atoms with van der Waals surface area (Å²) in [4.78, 5) is 11.5. The van der Waals surface area contributed by atoms with E-state index in [2.05, 4.69) is 23.0 Å². The molecule has 0 radical (unpaired) electrons. The number of piperidine rings is 1. The minimum Gasteiger partial charge on any atom is -0.326 e. The van der Waals surface area contributed by atoms with Gasteiger partial charge < -0.3 is 10.6 Å². The van der Waals surface area contributed by atoms with Crippen molar-refractivity contribution in [3.8, 4) is 0 Å². The number of hydrogen-bond acceptors (Lipinski definition) is 4. The highest BCUT2D eigenvalue weighted by Crippen LogP contribution is 2.24. The van der Waals surface area contributed by atoms with E-state index in [1.165, 1.54) is 25.1 Å². The van der Waals surface area contributed by atoms with Gasteiger partial charge in [0.05, 0.1) is 0 Å². The van der Waals surface area contributed by atoms with Crippen LogP contribution >= 0.6 is 0 Å². The first kappa shape index (κ1) is 14.4. The molecule has 2 N–H and O–H groups in total. The van der Waals surface area contributed by atoms with Crippen LogP contribution in [0.2, 0.25) is 0 Å². The van der Waals surface area contributed by atoms with E-state index in [0.29, 0.717) is 5.92 Å². The van der Waals surface area contributed by atoms with Crippen LogP contribution < -0.4 is 5.73 Å². The number of rotatable bonds is 4. The lowest BCUT2D eigenvalue weighted by molar-refractivity contribution is 0.248. The Hall–Kier alpha value is -1.00. The van der Waals surface area contributed by atoms with Crippen LogP contribution in [0.15, 0.2) is 12.3 Å². The molecule has 4 heteroatoms. The van der Waals surface area contributed by atoms with E-state index < -0.39 is 0 Å². The highest BCUT2D eigenvalue weighted by Gasteiger charge is 2.20. The minimum absolute atomic E-state index is 0.148. The maximum Gasteiger partial charge on any atom is 0.128 e. The molecule has 1 atom stereocenters. The van der Waals surface area contributed by atoms with E-state index in [1.807, 2.05) is 20.0 Å². The molecule has 0 aliphatic carbocycles. The third kappa shape index (κ3) is 4.55. The number of aromatic nitrogens is 2. The van der Waals surface area contributed by atoms with Gasteiger partial charge in [0.15, 0.2) is 0 Å². The molecular formula is C15H26N4. The lowest BCUT2D eigenvalue weighted by Gasteiger charge is -2.29. The number of likely N-dealkylation sites (N-methyl/N-ethyl adjacent to an activating group) is 1. The largest absolute Gasteiger partial charge is 0.326 e. The number of likely N-dealkylation sites (tertiary alicyclic amines) is 1. The Kier molecular flexibility index (Phi) is 4.53. The summed E-state index contributed by atoms with van der Waals surface area (Å²) in [5.41, 5.74) is 7.07. The molecule has 19 heavy (non-hydrogen) atoms. The number of nitrogens with zero attached hydrogens (tertiary/aromatic N) is 3. The zero-order valence-electron chi connectivity index (χ0n) is 12.4. The summed E-state index contributed by atoms with van der Waals surface area (Å²) in [5.74, 6) is 1.50. The second-order valence-electron chi connectivity index (χ2n) is 6.49. The quantitative estimate of drug-likeness (QED) is 0.901. The van der Waals surface area contributed by atoms with Crippen molar-refractivity contribution in [2.75, 3.05) is 20.1 Å². The smallest absolute Gasteiger partial charge is 0.128 e. The van der Waals surface area contributed by atoms with Crippen LogP contribution in [0.5, 0.6) is 0 Å². The maximum atomic E-state index is 6.02. The third-order valence-electron chi connectivity index (χ3n) is 3.76. The maximum absolute atomic E-state index is 6.02. The third-order valence-corrected chi connectivity index (χ3v) is 3.76. The Balaban J connectivity index is 2.02. The fourth-order valence-electron chi connectivity index (χ4n) is 2.60. The van der Waals surface area contributed by atoms with Crippen molar-refractivity contribution in [1.29, 1.82) is 0 Å². The van der Waals surface area contributed by atoms with Gasteiger partial charge in [-0.3, -0.25) is 0 Å². The van der Waals surface area contributed by atoms with Gasteiger partial charge in [-0.25, -0.2) is 9.97 Å². The lowest BCUT2D eigenvalue weighted by atomic mass is 9.94. The molecule has 106 valence electrons. The van der Waals surface area contributed by atoms with Crippen molar-refractivity contribution in [2.24, 2.45) is 5.73 Å². The van der Waals surface area contributed by atoms with E-state index in [9.17, 15) is 0 Å². The minimum atomic E-state index is -0.148. The molecular weight excluding hydrogens is 236 g/mol. The molecule has 0 saturated carbocycles. The molecule has 1 aliphatic rings. The fourth-order valence-corrected chi connectivity index (χ4v) is 2.60. The normalized spacial score (nSPS) is 21.6. The average Bonchev–Trinajstić information content (AvgIpc) is 2.36. The van der Waals surface area contributed by atoms with Crippen molar-refractivity contribution in [1.82, 2.24) is 14.9 Å². The zero-order chi connectivity index (χ0) is 13.9.